The maximum Gasteiger partial charge on any atom is 0.459 e. The zero-order valence-electron chi connectivity index (χ0n) is 25.8. The molecule has 0 aliphatic heterocycles. The van der Waals surface area contributed by atoms with E-state index in [1.165, 1.54) is 58.3 Å². The van der Waals surface area contributed by atoms with Gasteiger partial charge in [-0.25, -0.2) is 4.57 Å². The van der Waals surface area contributed by atoms with Crippen molar-refractivity contribution in [2.75, 3.05) is 27.4 Å². The maximum absolute atomic E-state index is 13.9. The number of nitrogens with one attached hydrogen (secondary N) is 1. The number of para-hydroxylation sites is 1. The molecule has 0 amide bonds. The molecule has 3 atom stereocenters. The number of rotatable bonds is 22. The van der Waals surface area contributed by atoms with Crippen LogP contribution in [0.25, 0.3) is 0 Å². The predicted molar refractivity (Wildman–Crippen MR) is 167 cm³/mol. The number of ether oxygens (including phenoxy) is 2. The molecule has 43 heavy (non-hydrogen) atoms. The lowest BCUT2D eigenvalue weighted by Crippen LogP contribution is -2.49. The summed E-state index contributed by atoms with van der Waals surface area (Å²) in [6, 6.07) is 15.5. The quantitative estimate of drug-likeness (QED) is 0.0876. The number of esters is 2. The van der Waals surface area contributed by atoms with E-state index in [0.717, 1.165) is 12.0 Å². The fourth-order valence-electron chi connectivity index (χ4n) is 4.43. The molecule has 0 saturated heterocycles. The summed E-state index contributed by atoms with van der Waals surface area (Å²) in [4.78, 5) is 24.2. The minimum absolute atomic E-state index is 0.0759. The normalized spacial score (nSPS) is 14.7. The Morgan fingerprint density at radius 1 is 0.930 bits per heavy atom. The van der Waals surface area contributed by atoms with E-state index < -0.39 is 37.9 Å². The van der Waals surface area contributed by atoms with Gasteiger partial charge in [0.1, 0.15) is 11.8 Å². The Hall–Kier alpha value is -2.75. The minimum Gasteiger partial charge on any atom is -0.469 e. The number of aryl methyl sites for hydroxylation is 2. The Balaban J connectivity index is 2.05. The van der Waals surface area contributed by atoms with Gasteiger partial charge < -0.3 is 24.8 Å². The molecule has 0 radical (unpaired) electrons. The van der Waals surface area contributed by atoms with Crippen molar-refractivity contribution in [3.05, 3.63) is 65.7 Å². The van der Waals surface area contributed by atoms with Gasteiger partial charge in [0.25, 0.3) is 0 Å². The van der Waals surface area contributed by atoms with Crippen LogP contribution in [0.5, 0.6) is 5.75 Å². The molecule has 1 unspecified atom stereocenters. The zero-order chi connectivity index (χ0) is 31.6. The summed E-state index contributed by atoms with van der Waals surface area (Å²) in [6.07, 6.45) is 9.30. The van der Waals surface area contributed by atoms with Gasteiger partial charge in [-0.2, -0.15) is 5.09 Å². The highest BCUT2D eigenvalue weighted by Crippen LogP contribution is 2.46. The van der Waals surface area contributed by atoms with Gasteiger partial charge >= 0.3 is 19.7 Å². The average molecular weight is 621 g/mol. The Morgan fingerprint density at radius 2 is 1.56 bits per heavy atom. The van der Waals surface area contributed by atoms with Gasteiger partial charge in [-0.15, -0.1) is 0 Å². The SMILES string of the molecule is CCCCCCCCc1ccc(CC[C@@](N)(CO)COP(=O)(N[C@H](CCC(=O)OC)C(=O)OC)Oc2ccccc2)cc1. The maximum atomic E-state index is 13.9. The van der Waals surface area contributed by atoms with Crippen molar-refractivity contribution < 1.29 is 37.8 Å². The molecule has 2 rings (SSSR count). The highest BCUT2D eigenvalue weighted by atomic mass is 31.2. The summed E-state index contributed by atoms with van der Waals surface area (Å²) in [7, 11) is -1.85. The summed E-state index contributed by atoms with van der Waals surface area (Å²) in [6.45, 7) is 1.46. The molecular formula is C32H49N2O8P. The van der Waals surface area contributed by atoms with Crippen LogP contribution in [0.15, 0.2) is 54.6 Å². The van der Waals surface area contributed by atoms with Crippen molar-refractivity contribution in [2.24, 2.45) is 5.73 Å². The lowest BCUT2D eigenvalue weighted by molar-refractivity contribution is -0.144. The molecule has 2 aromatic rings. The molecule has 240 valence electrons. The third kappa shape index (κ3) is 14.1. The van der Waals surface area contributed by atoms with E-state index in [4.69, 9.17) is 19.5 Å². The highest BCUT2D eigenvalue weighted by molar-refractivity contribution is 7.52. The van der Waals surface area contributed by atoms with Gasteiger partial charge in [0.05, 0.1) is 33.0 Å². The molecule has 0 bridgehead atoms. The van der Waals surface area contributed by atoms with Crippen molar-refractivity contribution in [3.8, 4) is 5.75 Å². The summed E-state index contributed by atoms with van der Waals surface area (Å²) in [5.41, 5.74) is 7.60. The smallest absolute Gasteiger partial charge is 0.459 e. The van der Waals surface area contributed by atoms with Crippen LogP contribution in [0, 0.1) is 0 Å². The second-order valence-corrected chi connectivity index (χ2v) is 12.5. The first-order valence-corrected chi connectivity index (χ1v) is 16.6. The molecular weight excluding hydrogens is 571 g/mol. The Morgan fingerprint density at radius 3 is 2.16 bits per heavy atom. The second-order valence-electron chi connectivity index (χ2n) is 10.8. The summed E-state index contributed by atoms with van der Waals surface area (Å²) in [5, 5.41) is 12.8. The summed E-state index contributed by atoms with van der Waals surface area (Å²) < 4.78 is 34.9. The number of aliphatic hydroxyl groups is 1. The second kappa shape index (κ2) is 19.5. The van der Waals surface area contributed by atoms with Crippen LogP contribution in [-0.2, 0) is 41.0 Å². The van der Waals surface area contributed by atoms with E-state index >= 15 is 0 Å². The van der Waals surface area contributed by atoms with Gasteiger partial charge in [0.15, 0.2) is 0 Å². The van der Waals surface area contributed by atoms with Crippen molar-refractivity contribution in [3.63, 3.8) is 0 Å². The number of benzene rings is 2. The number of hydrogen-bond acceptors (Lipinski definition) is 9. The predicted octanol–water partition coefficient (Wildman–Crippen LogP) is 5.50. The van der Waals surface area contributed by atoms with Gasteiger partial charge in [0, 0.05) is 6.42 Å². The number of carbonyl (C=O) groups excluding carboxylic acids is 2. The van der Waals surface area contributed by atoms with E-state index in [1.807, 2.05) is 0 Å². The Bertz CT molecular complexity index is 1130. The molecule has 0 fully saturated rings. The lowest BCUT2D eigenvalue weighted by atomic mass is 9.93. The zero-order valence-corrected chi connectivity index (χ0v) is 26.7. The van der Waals surface area contributed by atoms with Gasteiger partial charge in [-0.05, 0) is 55.4 Å². The third-order valence-electron chi connectivity index (χ3n) is 7.22. The monoisotopic (exact) mass is 620 g/mol. The van der Waals surface area contributed by atoms with Crippen LogP contribution >= 0.6 is 7.75 Å². The van der Waals surface area contributed by atoms with E-state index in [1.54, 1.807) is 30.3 Å². The van der Waals surface area contributed by atoms with E-state index in [9.17, 15) is 19.3 Å². The lowest BCUT2D eigenvalue weighted by Gasteiger charge is -2.30. The van der Waals surface area contributed by atoms with Crippen LogP contribution in [0.1, 0.15) is 75.8 Å². The van der Waals surface area contributed by atoms with Gasteiger partial charge in [-0.3, -0.25) is 14.1 Å². The number of nitrogens with two attached hydrogens (primary N) is 1. The molecule has 0 aliphatic carbocycles. The number of unbranched alkanes of at least 4 members (excludes halogenated alkanes) is 5. The van der Waals surface area contributed by atoms with Gasteiger partial charge in [0.2, 0.25) is 0 Å². The molecule has 11 heteroatoms. The Kier molecular flexibility index (Phi) is 16.5. The van der Waals surface area contributed by atoms with Crippen LogP contribution < -0.4 is 15.3 Å². The fraction of sp³-hybridized carbons (Fsp3) is 0.562. The molecule has 0 aliphatic rings. The molecule has 0 heterocycles. The van der Waals surface area contributed by atoms with Crippen LogP contribution in [-0.4, -0.2) is 56.1 Å². The molecule has 10 nitrogen and oxygen atoms in total. The summed E-state index contributed by atoms with van der Waals surface area (Å²) >= 11 is 0. The first kappa shape index (κ1) is 36.4. The third-order valence-corrected chi connectivity index (χ3v) is 8.77. The van der Waals surface area contributed by atoms with Crippen molar-refractivity contribution in [2.45, 2.75) is 89.1 Å². The number of carbonyl (C=O) groups is 2. The van der Waals surface area contributed by atoms with Crippen molar-refractivity contribution in [1.29, 1.82) is 0 Å². The molecule has 0 spiro atoms. The highest BCUT2D eigenvalue weighted by Gasteiger charge is 2.37. The fourth-order valence-corrected chi connectivity index (χ4v) is 6.05. The molecule has 4 N–H and O–H groups in total. The number of methoxy groups -OCH3 is 2. The topological polar surface area (TPSA) is 146 Å². The number of hydrogen-bond donors (Lipinski definition) is 3. The molecule has 0 aromatic heterocycles. The minimum atomic E-state index is -4.26. The van der Waals surface area contributed by atoms with Gasteiger partial charge in [-0.1, -0.05) is 81.5 Å². The standard InChI is InChI=1S/C32H49N2O8P/c1-4-5-6-7-8-10-13-26-16-18-27(19-17-26)22-23-32(33,24-35)25-41-43(38,42-28-14-11-9-12-15-28)34-29(31(37)40-3)20-21-30(36)39-2/h9,11-12,14-19,29,35H,4-8,10,13,20-25,33H2,1-3H3,(H,34,38)/t29-,32-,43?/m1/s1. The first-order chi connectivity index (χ1) is 20.7. The average Bonchev–Trinajstić information content (AvgIpc) is 3.03. The Labute approximate surface area is 256 Å². The molecule has 0 saturated carbocycles. The number of aliphatic hydroxyl groups excluding tert-OH is 1. The van der Waals surface area contributed by atoms with Crippen molar-refractivity contribution >= 4 is 19.7 Å². The van der Waals surface area contributed by atoms with Crippen LogP contribution in [0.3, 0.4) is 0 Å². The summed E-state index contributed by atoms with van der Waals surface area (Å²) in [5.74, 6) is -1.08. The van der Waals surface area contributed by atoms with E-state index in [0.29, 0.717) is 12.8 Å². The van der Waals surface area contributed by atoms with Crippen molar-refractivity contribution in [1.82, 2.24) is 5.09 Å². The van der Waals surface area contributed by atoms with E-state index in [-0.39, 0.29) is 25.2 Å². The first-order valence-electron chi connectivity index (χ1n) is 15.0. The van der Waals surface area contributed by atoms with Crippen LogP contribution in [0.2, 0.25) is 0 Å². The largest absolute Gasteiger partial charge is 0.469 e. The molecule has 2 aromatic carbocycles. The van der Waals surface area contributed by atoms with E-state index in [2.05, 4.69) is 41.0 Å². The van der Waals surface area contributed by atoms with Crippen LogP contribution in [0.4, 0.5) is 0 Å².